The van der Waals surface area contributed by atoms with Gasteiger partial charge in [-0.25, -0.2) is 0 Å². The second-order valence-corrected chi connectivity index (χ2v) is 7.32. The molecule has 0 unspecified atom stereocenters. The number of carbonyl (C=O) groups is 1. The highest BCUT2D eigenvalue weighted by molar-refractivity contribution is 8.07. The Kier molecular flexibility index (Phi) is 5.48. The van der Waals surface area contributed by atoms with E-state index in [1.165, 1.54) is 18.5 Å². The van der Waals surface area contributed by atoms with E-state index in [4.69, 9.17) is 0 Å². The van der Waals surface area contributed by atoms with Crippen LogP contribution in [-0.4, -0.2) is 29.8 Å². The molecule has 0 bridgehead atoms. The summed E-state index contributed by atoms with van der Waals surface area (Å²) in [5, 5.41) is 13.8. The van der Waals surface area contributed by atoms with Gasteiger partial charge in [0, 0.05) is 17.9 Å². The predicted octanol–water partition coefficient (Wildman–Crippen LogP) is 2.70. The first-order valence-corrected chi connectivity index (χ1v) is 9.01. The molecule has 1 heterocycles. The van der Waals surface area contributed by atoms with Crippen molar-refractivity contribution in [3.63, 3.8) is 0 Å². The van der Waals surface area contributed by atoms with Crippen molar-refractivity contribution in [3.8, 4) is 5.75 Å². The minimum absolute atomic E-state index is 0.132. The highest BCUT2D eigenvalue weighted by Crippen LogP contribution is 2.27. The van der Waals surface area contributed by atoms with Crippen molar-refractivity contribution >= 4 is 32.3 Å². The number of nitrogens with zero attached hydrogens (tertiary/aromatic N) is 1. The molecule has 1 aromatic carbocycles. The number of nitrogens with one attached hydrogen (secondary N) is 3. The maximum absolute atomic E-state index is 12.1. The van der Waals surface area contributed by atoms with Gasteiger partial charge in [0.15, 0.2) is 0 Å². The van der Waals surface area contributed by atoms with Gasteiger partial charge < -0.3 is 15.7 Å². The minimum Gasteiger partial charge on any atom is -0.508 e. The molecule has 2 rings (SSSR count). The Hall–Kier alpha value is -2.81. The first-order chi connectivity index (χ1) is 11.7. The van der Waals surface area contributed by atoms with Crippen LogP contribution in [0.25, 0.3) is 0 Å². The zero-order chi connectivity index (χ0) is 18.6. The van der Waals surface area contributed by atoms with E-state index in [1.807, 2.05) is 0 Å². The van der Waals surface area contributed by atoms with Crippen LogP contribution in [0.2, 0.25) is 0 Å². The van der Waals surface area contributed by atoms with Gasteiger partial charge >= 0.3 is 15.3 Å². The van der Waals surface area contributed by atoms with Crippen LogP contribution in [0.15, 0.2) is 36.7 Å². The number of hydrogen-bond donors (Lipinski definition) is 4. The van der Waals surface area contributed by atoms with Crippen LogP contribution in [0.5, 0.6) is 5.75 Å². The standard InChI is InChI=1S/C16H20N4O4S/c1-10(2)18-16(22)25(23,24)20-14-9-17-7-6-13(14)19-12-4-5-15(21)11(3)8-12/h4-10,20-21H,1-3H3,(H,17,19)(H,18,22). The summed E-state index contributed by atoms with van der Waals surface area (Å²) in [7, 11) is -4.26. The molecule has 0 fully saturated rings. The monoisotopic (exact) mass is 364 g/mol. The summed E-state index contributed by atoms with van der Waals surface area (Å²) >= 11 is 0. The smallest absolute Gasteiger partial charge is 0.357 e. The molecule has 0 saturated carbocycles. The van der Waals surface area contributed by atoms with E-state index in [-0.39, 0.29) is 17.5 Å². The van der Waals surface area contributed by atoms with Crippen LogP contribution < -0.4 is 15.4 Å². The lowest BCUT2D eigenvalue weighted by molar-refractivity contribution is 0.256. The van der Waals surface area contributed by atoms with Crippen LogP contribution >= 0.6 is 0 Å². The number of sulfonamides is 1. The summed E-state index contributed by atoms with van der Waals surface area (Å²) in [6, 6.07) is 6.14. The molecule has 0 radical (unpaired) electrons. The molecule has 25 heavy (non-hydrogen) atoms. The van der Waals surface area contributed by atoms with Crippen molar-refractivity contribution in [2.45, 2.75) is 26.8 Å². The molecule has 8 nitrogen and oxygen atoms in total. The topological polar surface area (TPSA) is 120 Å². The van der Waals surface area contributed by atoms with Crippen molar-refractivity contribution in [1.82, 2.24) is 10.3 Å². The Morgan fingerprint density at radius 2 is 1.92 bits per heavy atom. The Morgan fingerprint density at radius 3 is 2.56 bits per heavy atom. The number of aromatic nitrogens is 1. The molecule has 134 valence electrons. The summed E-state index contributed by atoms with van der Waals surface area (Å²) in [6.07, 6.45) is 2.79. The van der Waals surface area contributed by atoms with Crippen LogP contribution in [0.1, 0.15) is 19.4 Å². The van der Waals surface area contributed by atoms with Gasteiger partial charge in [-0.3, -0.25) is 14.5 Å². The lowest BCUT2D eigenvalue weighted by Gasteiger charge is -2.15. The molecule has 1 aromatic heterocycles. The van der Waals surface area contributed by atoms with Crippen LogP contribution in [0, 0.1) is 6.92 Å². The van der Waals surface area contributed by atoms with Gasteiger partial charge in [-0.15, -0.1) is 0 Å². The summed E-state index contributed by atoms with van der Waals surface area (Å²) < 4.78 is 26.5. The minimum atomic E-state index is -4.26. The van der Waals surface area contributed by atoms with E-state index in [0.29, 0.717) is 16.9 Å². The number of benzene rings is 1. The highest BCUT2D eigenvalue weighted by Gasteiger charge is 2.23. The predicted molar refractivity (Wildman–Crippen MR) is 96.6 cm³/mol. The number of rotatable bonds is 5. The van der Waals surface area contributed by atoms with Gasteiger partial charge in [0.05, 0.1) is 17.6 Å². The molecular formula is C16H20N4O4S. The summed E-state index contributed by atoms with van der Waals surface area (Å²) in [5.41, 5.74) is 1.86. The third-order valence-electron chi connectivity index (χ3n) is 3.19. The first-order valence-electron chi connectivity index (χ1n) is 7.53. The fraction of sp³-hybridized carbons (Fsp3) is 0.250. The van der Waals surface area contributed by atoms with Crippen molar-refractivity contribution in [2.24, 2.45) is 0 Å². The molecule has 0 aliphatic rings. The second-order valence-electron chi connectivity index (χ2n) is 5.74. The van der Waals surface area contributed by atoms with Crippen molar-refractivity contribution < 1.29 is 18.3 Å². The Morgan fingerprint density at radius 1 is 1.20 bits per heavy atom. The third-order valence-corrected chi connectivity index (χ3v) is 4.29. The van der Waals surface area contributed by atoms with Crippen LogP contribution in [-0.2, 0) is 10.0 Å². The fourth-order valence-electron chi connectivity index (χ4n) is 1.98. The Bertz CT molecular complexity index is 881. The number of carbonyl (C=O) groups excluding carboxylic acids is 1. The molecule has 9 heteroatoms. The average Bonchev–Trinajstić information content (AvgIpc) is 2.52. The maximum atomic E-state index is 12.1. The molecule has 0 atom stereocenters. The first kappa shape index (κ1) is 18.5. The zero-order valence-electron chi connectivity index (χ0n) is 14.1. The zero-order valence-corrected chi connectivity index (χ0v) is 14.9. The quantitative estimate of drug-likeness (QED) is 0.606. The fourth-order valence-corrected chi connectivity index (χ4v) is 2.91. The van der Waals surface area contributed by atoms with Gasteiger partial charge in [-0.2, -0.15) is 8.42 Å². The summed E-state index contributed by atoms with van der Waals surface area (Å²) in [5.74, 6) is 0.159. The van der Waals surface area contributed by atoms with E-state index in [2.05, 4.69) is 20.3 Å². The van der Waals surface area contributed by atoms with E-state index in [1.54, 1.807) is 39.0 Å². The van der Waals surface area contributed by atoms with E-state index < -0.39 is 15.3 Å². The SMILES string of the molecule is Cc1cc(Nc2ccncc2NS(=O)(=O)C(=O)NC(C)C)ccc1O. The number of phenols is 1. The molecule has 0 spiro atoms. The lowest BCUT2D eigenvalue weighted by atomic mass is 10.2. The number of hydrogen-bond acceptors (Lipinski definition) is 6. The molecular weight excluding hydrogens is 344 g/mol. The van der Waals surface area contributed by atoms with Crippen molar-refractivity contribution in [1.29, 1.82) is 0 Å². The third kappa shape index (κ3) is 4.83. The van der Waals surface area contributed by atoms with Gasteiger partial charge in [0.2, 0.25) is 0 Å². The molecule has 0 saturated heterocycles. The average molecular weight is 364 g/mol. The second kappa shape index (κ2) is 7.39. The number of anilines is 3. The highest BCUT2D eigenvalue weighted by atomic mass is 32.2. The summed E-state index contributed by atoms with van der Waals surface area (Å²) in [4.78, 5) is 15.7. The van der Waals surface area contributed by atoms with Gasteiger partial charge in [0.25, 0.3) is 0 Å². The van der Waals surface area contributed by atoms with Crippen molar-refractivity contribution in [3.05, 3.63) is 42.2 Å². The van der Waals surface area contributed by atoms with Gasteiger partial charge in [-0.05, 0) is 50.6 Å². The molecule has 4 N–H and O–H groups in total. The number of aryl methyl sites for hydroxylation is 1. The Labute approximate surface area is 146 Å². The lowest BCUT2D eigenvalue weighted by Crippen LogP contribution is -2.37. The largest absolute Gasteiger partial charge is 0.508 e. The number of amides is 1. The Balaban J connectivity index is 2.26. The van der Waals surface area contributed by atoms with Gasteiger partial charge in [-0.1, -0.05) is 0 Å². The van der Waals surface area contributed by atoms with Gasteiger partial charge in [0.1, 0.15) is 5.75 Å². The number of aromatic hydroxyl groups is 1. The van der Waals surface area contributed by atoms with E-state index in [0.717, 1.165) is 0 Å². The van der Waals surface area contributed by atoms with E-state index >= 15 is 0 Å². The number of phenolic OH excluding ortho intramolecular Hbond substituents is 1. The van der Waals surface area contributed by atoms with Crippen molar-refractivity contribution in [2.75, 3.05) is 10.0 Å². The molecule has 1 amide bonds. The normalized spacial score (nSPS) is 11.2. The van der Waals surface area contributed by atoms with Crippen LogP contribution in [0.3, 0.4) is 0 Å². The molecule has 2 aromatic rings. The van der Waals surface area contributed by atoms with Crippen LogP contribution in [0.4, 0.5) is 21.9 Å². The molecule has 0 aliphatic heterocycles. The molecule has 0 aliphatic carbocycles. The van der Waals surface area contributed by atoms with E-state index in [9.17, 15) is 18.3 Å². The summed E-state index contributed by atoms with van der Waals surface area (Å²) in [6.45, 7) is 5.07. The number of pyridine rings is 1. The maximum Gasteiger partial charge on any atom is 0.357 e.